The lowest BCUT2D eigenvalue weighted by Crippen LogP contribution is -2.34. The third kappa shape index (κ3) is 5.13. The first-order valence-electron chi connectivity index (χ1n) is 11.9. The first kappa shape index (κ1) is 25.5. The Bertz CT molecular complexity index is 1700. The van der Waals surface area contributed by atoms with Crippen LogP contribution in [-0.4, -0.2) is 44.1 Å². The molecule has 10 heteroatoms. The number of methoxy groups -OCH3 is 1. The number of aromatic nitrogens is 1. The van der Waals surface area contributed by atoms with Gasteiger partial charge in [-0.25, -0.2) is 13.2 Å². The van der Waals surface area contributed by atoms with Crippen LogP contribution < -0.4 is 15.0 Å². The minimum absolute atomic E-state index is 0.0646. The number of esters is 1. The lowest BCUT2D eigenvalue weighted by molar-refractivity contribution is 0.0600. The molecule has 0 fully saturated rings. The zero-order valence-electron chi connectivity index (χ0n) is 20.9. The van der Waals surface area contributed by atoms with Crippen molar-refractivity contribution in [2.24, 2.45) is 0 Å². The number of nitrogens with one attached hydrogen (secondary N) is 1. The Labute approximate surface area is 219 Å². The molecule has 0 unspecified atom stereocenters. The molecule has 0 spiro atoms. The standard InChI is InChI=1S/C28H26N2O7S/c1-18-5-3-6-19(11-18)9-10-30(38(33,34)23-8-4-7-20(13-23)28(32)35-2)16-22-12-21-14-25-26(37-17-36-25)15-24(21)29-27(22)31/h3-8,11-15H,9-10,16-17H2,1-2H3,(H,29,31). The number of H-pyrrole nitrogens is 1. The fourth-order valence-electron chi connectivity index (χ4n) is 4.40. The van der Waals surface area contributed by atoms with Gasteiger partial charge in [-0.3, -0.25) is 4.79 Å². The molecule has 0 atom stereocenters. The van der Waals surface area contributed by atoms with Crippen molar-refractivity contribution < 1.29 is 27.4 Å². The molecule has 0 saturated heterocycles. The molecule has 0 bridgehead atoms. The van der Waals surface area contributed by atoms with Crippen molar-refractivity contribution in [2.45, 2.75) is 24.8 Å². The van der Waals surface area contributed by atoms with E-state index < -0.39 is 21.6 Å². The number of aromatic amines is 1. The highest BCUT2D eigenvalue weighted by molar-refractivity contribution is 7.89. The van der Waals surface area contributed by atoms with Gasteiger partial charge >= 0.3 is 5.97 Å². The maximum Gasteiger partial charge on any atom is 0.337 e. The summed E-state index contributed by atoms with van der Waals surface area (Å²) in [6, 6.07) is 18.6. The van der Waals surface area contributed by atoms with E-state index in [4.69, 9.17) is 14.2 Å². The monoisotopic (exact) mass is 534 g/mol. The van der Waals surface area contributed by atoms with Crippen LogP contribution in [0.3, 0.4) is 0 Å². The number of fused-ring (bicyclic) bond motifs is 2. The number of benzene rings is 3. The molecule has 3 aromatic carbocycles. The van der Waals surface area contributed by atoms with Crippen LogP contribution in [0.4, 0.5) is 0 Å². The van der Waals surface area contributed by atoms with E-state index in [1.54, 1.807) is 18.2 Å². The van der Waals surface area contributed by atoms with Gasteiger partial charge in [0.1, 0.15) is 0 Å². The average molecular weight is 535 g/mol. The van der Waals surface area contributed by atoms with Crippen molar-refractivity contribution in [2.75, 3.05) is 20.4 Å². The van der Waals surface area contributed by atoms with Gasteiger partial charge in [-0.05, 0) is 49.2 Å². The largest absolute Gasteiger partial charge is 0.465 e. The van der Waals surface area contributed by atoms with E-state index in [-0.39, 0.29) is 35.9 Å². The van der Waals surface area contributed by atoms with Crippen LogP contribution in [0.15, 0.2) is 76.4 Å². The Balaban J connectivity index is 1.53. The van der Waals surface area contributed by atoms with E-state index in [1.807, 2.05) is 31.2 Å². The summed E-state index contributed by atoms with van der Waals surface area (Å²) in [6.07, 6.45) is 0.432. The number of rotatable bonds is 8. The van der Waals surface area contributed by atoms with E-state index in [0.717, 1.165) is 11.1 Å². The predicted molar refractivity (Wildman–Crippen MR) is 141 cm³/mol. The minimum Gasteiger partial charge on any atom is -0.465 e. The van der Waals surface area contributed by atoms with Gasteiger partial charge in [0.15, 0.2) is 11.5 Å². The molecule has 9 nitrogen and oxygen atoms in total. The highest BCUT2D eigenvalue weighted by atomic mass is 32.2. The minimum atomic E-state index is -4.10. The topological polar surface area (TPSA) is 115 Å². The van der Waals surface area contributed by atoms with Crippen molar-refractivity contribution >= 4 is 26.9 Å². The molecule has 5 rings (SSSR count). The predicted octanol–water partition coefficient (Wildman–Crippen LogP) is 3.79. The molecule has 0 amide bonds. The Morgan fingerprint density at radius 3 is 2.55 bits per heavy atom. The van der Waals surface area contributed by atoms with Gasteiger partial charge in [-0.15, -0.1) is 0 Å². The summed E-state index contributed by atoms with van der Waals surface area (Å²) in [4.78, 5) is 27.8. The molecule has 0 radical (unpaired) electrons. The Morgan fingerprint density at radius 1 is 1.03 bits per heavy atom. The molecule has 1 aliphatic rings. The van der Waals surface area contributed by atoms with Crippen molar-refractivity contribution in [3.05, 3.63) is 99.3 Å². The van der Waals surface area contributed by atoms with Crippen LogP contribution in [0.1, 0.15) is 27.0 Å². The molecule has 0 saturated carbocycles. The summed E-state index contributed by atoms with van der Waals surface area (Å²) in [6.45, 7) is 2.01. The van der Waals surface area contributed by atoms with Crippen LogP contribution in [0.5, 0.6) is 11.5 Å². The quantitative estimate of drug-likeness (QED) is 0.342. The summed E-state index contributed by atoms with van der Waals surface area (Å²) < 4.78 is 44.5. The number of aryl methyl sites for hydroxylation is 1. The number of sulfonamides is 1. The summed E-state index contributed by atoms with van der Waals surface area (Å²) in [5.74, 6) is 0.450. The fourth-order valence-corrected chi connectivity index (χ4v) is 5.87. The average Bonchev–Trinajstić information content (AvgIpc) is 3.36. The number of nitrogens with zero attached hydrogens (tertiary/aromatic N) is 1. The third-order valence-corrected chi connectivity index (χ3v) is 8.23. The first-order chi connectivity index (χ1) is 18.2. The number of pyridine rings is 1. The van der Waals surface area contributed by atoms with E-state index in [0.29, 0.717) is 28.8 Å². The van der Waals surface area contributed by atoms with Gasteiger partial charge in [0.05, 0.1) is 23.1 Å². The molecule has 0 aliphatic carbocycles. The molecule has 1 aliphatic heterocycles. The molecular weight excluding hydrogens is 508 g/mol. The first-order valence-corrected chi connectivity index (χ1v) is 13.4. The second-order valence-corrected chi connectivity index (χ2v) is 11.0. The van der Waals surface area contributed by atoms with Gasteiger partial charge in [-0.1, -0.05) is 35.9 Å². The summed E-state index contributed by atoms with van der Waals surface area (Å²) in [5.41, 5.74) is 2.57. The van der Waals surface area contributed by atoms with Crippen LogP contribution in [0.2, 0.25) is 0 Å². The number of carbonyl (C=O) groups is 1. The Kier molecular flexibility index (Phi) is 6.92. The van der Waals surface area contributed by atoms with Crippen molar-refractivity contribution in [1.29, 1.82) is 0 Å². The molecule has 2 heterocycles. The van der Waals surface area contributed by atoms with Crippen LogP contribution >= 0.6 is 0 Å². The summed E-state index contributed by atoms with van der Waals surface area (Å²) in [5, 5.41) is 0.688. The molecule has 196 valence electrons. The third-order valence-electron chi connectivity index (χ3n) is 6.39. The highest BCUT2D eigenvalue weighted by Gasteiger charge is 2.27. The second-order valence-electron chi connectivity index (χ2n) is 9.01. The van der Waals surface area contributed by atoms with Gasteiger partial charge < -0.3 is 19.2 Å². The smallest absolute Gasteiger partial charge is 0.337 e. The molecule has 4 aromatic rings. The number of hydrogen-bond acceptors (Lipinski definition) is 7. The van der Waals surface area contributed by atoms with Gasteiger partial charge in [0.2, 0.25) is 16.8 Å². The number of hydrogen-bond donors (Lipinski definition) is 1. The zero-order valence-corrected chi connectivity index (χ0v) is 21.7. The lowest BCUT2D eigenvalue weighted by Gasteiger charge is -2.23. The van der Waals surface area contributed by atoms with Gasteiger partial charge in [0.25, 0.3) is 5.56 Å². The normalized spacial score (nSPS) is 12.7. The van der Waals surface area contributed by atoms with Crippen molar-refractivity contribution in [3.63, 3.8) is 0 Å². The molecule has 1 N–H and O–H groups in total. The highest BCUT2D eigenvalue weighted by Crippen LogP contribution is 2.35. The number of ether oxygens (including phenoxy) is 3. The van der Waals surface area contributed by atoms with Crippen molar-refractivity contribution in [1.82, 2.24) is 9.29 Å². The Morgan fingerprint density at radius 2 is 1.79 bits per heavy atom. The van der Waals surface area contributed by atoms with E-state index in [2.05, 4.69) is 4.98 Å². The van der Waals surface area contributed by atoms with Gasteiger partial charge in [-0.2, -0.15) is 4.31 Å². The summed E-state index contributed by atoms with van der Waals surface area (Å²) >= 11 is 0. The number of carbonyl (C=O) groups excluding carboxylic acids is 1. The van der Waals surface area contributed by atoms with E-state index in [1.165, 1.54) is 35.7 Å². The van der Waals surface area contributed by atoms with Crippen molar-refractivity contribution in [3.8, 4) is 11.5 Å². The maximum atomic E-state index is 13.8. The van der Waals surface area contributed by atoms with Crippen LogP contribution in [-0.2, 0) is 27.7 Å². The molecule has 38 heavy (non-hydrogen) atoms. The van der Waals surface area contributed by atoms with Crippen LogP contribution in [0, 0.1) is 6.92 Å². The van der Waals surface area contributed by atoms with Gasteiger partial charge in [0, 0.05) is 30.1 Å². The lowest BCUT2D eigenvalue weighted by atomic mass is 10.1. The zero-order chi connectivity index (χ0) is 26.9. The maximum absolute atomic E-state index is 13.8. The molecular formula is C28H26N2O7S. The van der Waals surface area contributed by atoms with E-state index in [9.17, 15) is 18.0 Å². The summed E-state index contributed by atoms with van der Waals surface area (Å²) in [7, 11) is -2.86. The fraction of sp³-hybridized carbons (Fsp3) is 0.214. The molecule has 1 aromatic heterocycles. The van der Waals surface area contributed by atoms with Crippen LogP contribution in [0.25, 0.3) is 10.9 Å². The second kappa shape index (κ2) is 10.3. The SMILES string of the molecule is COC(=O)c1cccc(S(=O)(=O)N(CCc2cccc(C)c2)Cc2cc3cc4c(cc3[nH]c2=O)OCO4)c1. The van der Waals surface area contributed by atoms with E-state index >= 15 is 0 Å². The Hall–Kier alpha value is -4.15.